The van der Waals surface area contributed by atoms with Crippen molar-refractivity contribution in [3.05, 3.63) is 0 Å². The average Bonchev–Trinajstić information content (AvgIpc) is 2.49. The highest BCUT2D eigenvalue weighted by Crippen LogP contribution is 2.17. The van der Waals surface area contributed by atoms with Gasteiger partial charge < -0.3 is 10.1 Å². The van der Waals surface area contributed by atoms with Crippen molar-refractivity contribution in [1.29, 1.82) is 0 Å². The summed E-state index contributed by atoms with van der Waals surface area (Å²) in [5.74, 6) is 0.192. The molecule has 1 amide bonds. The molecule has 0 aromatic carbocycles. The minimum absolute atomic E-state index is 0.192. The Morgan fingerprint density at radius 1 is 1.05 bits per heavy atom. The first kappa shape index (κ1) is 17.7. The number of likely N-dealkylation sites (N-methyl/N-ethyl adjacent to an activating group) is 1. The lowest BCUT2D eigenvalue weighted by atomic mass is 9.97. The van der Waals surface area contributed by atoms with Gasteiger partial charge in [-0.05, 0) is 45.6 Å². The van der Waals surface area contributed by atoms with Crippen LogP contribution in [0.5, 0.6) is 0 Å². The van der Waals surface area contributed by atoms with Crippen molar-refractivity contribution in [3.8, 4) is 0 Å². The molecule has 1 saturated carbocycles. The van der Waals surface area contributed by atoms with E-state index in [4.69, 9.17) is 4.74 Å². The number of amides is 1. The number of rotatable bonds is 6. The lowest BCUT2D eigenvalue weighted by Gasteiger charge is -2.26. The van der Waals surface area contributed by atoms with Crippen LogP contribution >= 0.6 is 0 Å². The van der Waals surface area contributed by atoms with Gasteiger partial charge in [0.2, 0.25) is 5.91 Å². The molecule has 1 atom stereocenters. The van der Waals surface area contributed by atoms with Crippen molar-refractivity contribution in [1.82, 2.24) is 10.2 Å². The third kappa shape index (κ3) is 7.10. The van der Waals surface area contributed by atoms with Gasteiger partial charge in [-0.2, -0.15) is 0 Å². The predicted molar refractivity (Wildman–Crippen MR) is 90.0 cm³/mol. The second-order valence-electron chi connectivity index (χ2n) is 7.12. The maximum absolute atomic E-state index is 12.2. The predicted octanol–water partition coefficient (Wildman–Crippen LogP) is 3.11. The van der Waals surface area contributed by atoms with E-state index in [2.05, 4.69) is 10.2 Å². The summed E-state index contributed by atoms with van der Waals surface area (Å²) < 4.78 is 5.75. The molecule has 0 bridgehead atoms. The number of nitrogens with one attached hydrogen (secondary N) is 1. The SMILES string of the molecule is CN(CCC1CCCCO1)CC(=O)NC1CCCCCCC1. The monoisotopic (exact) mass is 310 g/mol. The van der Waals surface area contributed by atoms with Crippen LogP contribution in [0, 0.1) is 0 Å². The van der Waals surface area contributed by atoms with Gasteiger partial charge in [0, 0.05) is 19.2 Å². The molecule has 0 spiro atoms. The van der Waals surface area contributed by atoms with Crippen LogP contribution in [0.4, 0.5) is 0 Å². The molecule has 4 heteroatoms. The highest BCUT2D eigenvalue weighted by Gasteiger charge is 2.17. The van der Waals surface area contributed by atoms with Crippen molar-refractivity contribution in [2.24, 2.45) is 0 Å². The Balaban J connectivity index is 1.60. The topological polar surface area (TPSA) is 41.6 Å². The number of ether oxygens (including phenoxy) is 1. The van der Waals surface area contributed by atoms with E-state index >= 15 is 0 Å². The zero-order chi connectivity index (χ0) is 15.6. The van der Waals surface area contributed by atoms with Crippen LogP contribution in [-0.2, 0) is 9.53 Å². The summed E-state index contributed by atoms with van der Waals surface area (Å²) in [5, 5.41) is 3.24. The summed E-state index contributed by atoms with van der Waals surface area (Å²) in [6, 6.07) is 0.405. The number of carbonyl (C=O) groups excluding carboxylic acids is 1. The van der Waals surface area contributed by atoms with E-state index in [9.17, 15) is 4.79 Å². The van der Waals surface area contributed by atoms with E-state index < -0.39 is 0 Å². The van der Waals surface area contributed by atoms with Gasteiger partial charge in [-0.3, -0.25) is 9.69 Å². The third-order valence-corrected chi connectivity index (χ3v) is 4.99. The first-order chi connectivity index (χ1) is 10.7. The molecule has 1 aliphatic carbocycles. The standard InChI is InChI=1S/C18H34N2O2/c1-20(13-12-17-11-7-8-14-22-17)15-18(21)19-16-9-5-3-2-4-6-10-16/h16-17H,2-15H2,1H3,(H,19,21). The smallest absolute Gasteiger partial charge is 0.234 e. The molecule has 0 aromatic heterocycles. The van der Waals surface area contributed by atoms with Crippen molar-refractivity contribution in [2.75, 3.05) is 26.7 Å². The minimum Gasteiger partial charge on any atom is -0.378 e. The first-order valence-electron chi connectivity index (χ1n) is 9.33. The second-order valence-corrected chi connectivity index (χ2v) is 7.12. The van der Waals surface area contributed by atoms with Crippen LogP contribution in [0.2, 0.25) is 0 Å². The molecule has 4 nitrogen and oxygen atoms in total. The van der Waals surface area contributed by atoms with Crippen molar-refractivity contribution < 1.29 is 9.53 Å². The summed E-state index contributed by atoms with van der Waals surface area (Å²) in [6.07, 6.45) is 14.0. The largest absolute Gasteiger partial charge is 0.378 e. The Bertz CT molecular complexity index is 308. The average molecular weight is 310 g/mol. The quantitative estimate of drug-likeness (QED) is 0.819. The Hall–Kier alpha value is -0.610. The molecule has 0 aromatic rings. The van der Waals surface area contributed by atoms with Gasteiger partial charge in [0.25, 0.3) is 0 Å². The second kappa shape index (κ2) is 10.2. The molecular formula is C18H34N2O2. The van der Waals surface area contributed by atoms with Gasteiger partial charge in [-0.15, -0.1) is 0 Å². The lowest BCUT2D eigenvalue weighted by molar-refractivity contribution is -0.122. The number of carbonyl (C=O) groups is 1. The number of hydrogen-bond acceptors (Lipinski definition) is 3. The maximum atomic E-state index is 12.2. The van der Waals surface area contributed by atoms with Gasteiger partial charge in [-0.1, -0.05) is 32.1 Å². The fraction of sp³-hybridized carbons (Fsp3) is 0.944. The van der Waals surface area contributed by atoms with Crippen LogP contribution in [-0.4, -0.2) is 49.7 Å². The molecule has 2 rings (SSSR count). The molecule has 2 fully saturated rings. The third-order valence-electron chi connectivity index (χ3n) is 4.99. The highest BCUT2D eigenvalue weighted by molar-refractivity contribution is 5.78. The molecule has 1 heterocycles. The normalized spacial score (nSPS) is 24.7. The van der Waals surface area contributed by atoms with Crippen LogP contribution in [0.25, 0.3) is 0 Å². The maximum Gasteiger partial charge on any atom is 0.234 e. The molecule has 1 aliphatic heterocycles. The van der Waals surface area contributed by atoms with Crippen LogP contribution < -0.4 is 5.32 Å². The van der Waals surface area contributed by atoms with E-state index in [0.717, 1.165) is 32.4 Å². The Morgan fingerprint density at radius 2 is 1.73 bits per heavy atom. The van der Waals surface area contributed by atoms with E-state index in [1.807, 2.05) is 7.05 Å². The molecule has 1 unspecified atom stereocenters. The zero-order valence-electron chi connectivity index (χ0n) is 14.3. The molecule has 1 N–H and O–H groups in total. The summed E-state index contributed by atoms with van der Waals surface area (Å²) in [7, 11) is 2.04. The van der Waals surface area contributed by atoms with Crippen LogP contribution in [0.15, 0.2) is 0 Å². The highest BCUT2D eigenvalue weighted by atomic mass is 16.5. The molecule has 2 aliphatic rings. The Labute approximate surface area is 136 Å². The molecule has 128 valence electrons. The Kier molecular flexibility index (Phi) is 8.24. The van der Waals surface area contributed by atoms with Crippen molar-refractivity contribution >= 4 is 5.91 Å². The van der Waals surface area contributed by atoms with Crippen LogP contribution in [0.1, 0.15) is 70.6 Å². The van der Waals surface area contributed by atoms with E-state index in [-0.39, 0.29) is 5.91 Å². The van der Waals surface area contributed by atoms with E-state index in [0.29, 0.717) is 18.7 Å². The van der Waals surface area contributed by atoms with E-state index in [1.165, 1.54) is 51.4 Å². The first-order valence-corrected chi connectivity index (χ1v) is 9.33. The summed E-state index contributed by atoms with van der Waals surface area (Å²) in [6.45, 7) is 2.38. The summed E-state index contributed by atoms with van der Waals surface area (Å²) in [5.41, 5.74) is 0. The van der Waals surface area contributed by atoms with Gasteiger partial charge in [0.15, 0.2) is 0 Å². The fourth-order valence-corrected chi connectivity index (χ4v) is 3.60. The Morgan fingerprint density at radius 3 is 2.41 bits per heavy atom. The molecule has 1 saturated heterocycles. The summed E-state index contributed by atoms with van der Waals surface area (Å²) in [4.78, 5) is 14.3. The summed E-state index contributed by atoms with van der Waals surface area (Å²) >= 11 is 0. The van der Waals surface area contributed by atoms with E-state index in [1.54, 1.807) is 0 Å². The lowest BCUT2D eigenvalue weighted by Crippen LogP contribution is -2.42. The van der Waals surface area contributed by atoms with Gasteiger partial charge >= 0.3 is 0 Å². The molecule has 22 heavy (non-hydrogen) atoms. The fourth-order valence-electron chi connectivity index (χ4n) is 3.60. The van der Waals surface area contributed by atoms with Gasteiger partial charge in [0.05, 0.1) is 12.6 Å². The number of nitrogens with zero attached hydrogens (tertiary/aromatic N) is 1. The van der Waals surface area contributed by atoms with Gasteiger partial charge in [0.1, 0.15) is 0 Å². The van der Waals surface area contributed by atoms with Crippen LogP contribution in [0.3, 0.4) is 0 Å². The number of hydrogen-bond donors (Lipinski definition) is 1. The zero-order valence-corrected chi connectivity index (χ0v) is 14.3. The van der Waals surface area contributed by atoms with Gasteiger partial charge in [-0.25, -0.2) is 0 Å². The van der Waals surface area contributed by atoms with Crippen molar-refractivity contribution in [3.63, 3.8) is 0 Å². The minimum atomic E-state index is 0.192. The molecule has 0 radical (unpaired) electrons. The molecular weight excluding hydrogens is 276 g/mol. The van der Waals surface area contributed by atoms with Crippen molar-refractivity contribution in [2.45, 2.75) is 82.8 Å².